The van der Waals surface area contributed by atoms with Crippen molar-refractivity contribution in [1.82, 2.24) is 0 Å². The fourth-order valence-corrected chi connectivity index (χ4v) is 2.72. The van der Waals surface area contributed by atoms with Gasteiger partial charge in [0.2, 0.25) is 0 Å². The van der Waals surface area contributed by atoms with Crippen molar-refractivity contribution in [3.63, 3.8) is 0 Å². The van der Waals surface area contributed by atoms with Crippen molar-refractivity contribution in [1.29, 1.82) is 0 Å². The van der Waals surface area contributed by atoms with E-state index in [1.165, 1.54) is 6.42 Å². The molecule has 2 nitrogen and oxygen atoms in total. The molecule has 2 atom stereocenters. The van der Waals surface area contributed by atoms with E-state index in [2.05, 4.69) is 0 Å². The third kappa shape index (κ3) is 3.07. The van der Waals surface area contributed by atoms with Crippen molar-refractivity contribution in [2.75, 3.05) is 0 Å². The first-order valence-corrected chi connectivity index (χ1v) is 6.24. The van der Waals surface area contributed by atoms with Gasteiger partial charge in [0.05, 0.1) is 12.1 Å². The highest BCUT2D eigenvalue weighted by atomic mass is 35.5. The fourth-order valence-electron chi connectivity index (χ4n) is 2.07. The Hall–Kier alpha value is 0.01000. The maximum Gasteiger partial charge on any atom is 0.0761 e. The molecule has 0 amide bonds. The van der Waals surface area contributed by atoms with Gasteiger partial charge >= 0.3 is 0 Å². The topological polar surface area (TPSA) is 46.2 Å². The van der Waals surface area contributed by atoms with Crippen LogP contribution in [0, 0.1) is 5.92 Å². The lowest BCUT2D eigenvalue weighted by Crippen LogP contribution is -2.36. The highest BCUT2D eigenvalue weighted by molar-refractivity contribution is 6.36. The van der Waals surface area contributed by atoms with E-state index < -0.39 is 12.1 Å². The van der Waals surface area contributed by atoms with Crippen LogP contribution in [0.15, 0.2) is 18.2 Å². The van der Waals surface area contributed by atoms with Crippen LogP contribution in [-0.4, -0.2) is 11.2 Å². The molecule has 1 aliphatic rings. The Bertz CT molecular complexity index is 362. The smallest absolute Gasteiger partial charge is 0.0761 e. The molecule has 0 saturated heterocycles. The number of aliphatic hydroxyl groups is 1. The maximum absolute atomic E-state index is 10.1. The molecule has 0 spiro atoms. The average Bonchev–Trinajstić information content (AvgIpc) is 2.14. The van der Waals surface area contributed by atoms with E-state index >= 15 is 0 Å². The van der Waals surface area contributed by atoms with Gasteiger partial charge in [-0.2, -0.15) is 0 Å². The maximum atomic E-state index is 10.1. The Morgan fingerprint density at radius 1 is 1.24 bits per heavy atom. The van der Waals surface area contributed by atoms with Crippen molar-refractivity contribution in [3.8, 4) is 0 Å². The normalized spacial score (nSPS) is 19.1. The number of nitrogens with two attached hydrogens (primary N) is 1. The average molecular weight is 297 g/mol. The third-order valence-electron chi connectivity index (χ3n) is 3.33. The third-order valence-corrected chi connectivity index (χ3v) is 3.99. The molecule has 2 rings (SSSR count). The molecule has 0 aliphatic heterocycles. The van der Waals surface area contributed by atoms with Gasteiger partial charge in [-0.25, -0.2) is 0 Å². The minimum Gasteiger partial charge on any atom is -0.391 e. The van der Waals surface area contributed by atoms with E-state index in [9.17, 15) is 5.11 Å². The van der Waals surface area contributed by atoms with E-state index in [4.69, 9.17) is 28.9 Å². The molecular weight excluding hydrogens is 280 g/mol. The zero-order chi connectivity index (χ0) is 11.7. The second-order valence-electron chi connectivity index (χ2n) is 4.34. The van der Waals surface area contributed by atoms with Gasteiger partial charge in [-0.05, 0) is 30.9 Å². The quantitative estimate of drug-likeness (QED) is 0.895. The van der Waals surface area contributed by atoms with Crippen LogP contribution < -0.4 is 5.73 Å². The van der Waals surface area contributed by atoms with Crippen molar-refractivity contribution < 1.29 is 5.11 Å². The minimum atomic E-state index is -0.550. The van der Waals surface area contributed by atoms with E-state index in [0.29, 0.717) is 21.5 Å². The summed E-state index contributed by atoms with van der Waals surface area (Å²) in [7, 11) is 0. The summed E-state index contributed by atoms with van der Waals surface area (Å²) in [6, 6.07) is 4.77. The largest absolute Gasteiger partial charge is 0.391 e. The predicted octanol–water partition coefficient (Wildman–Crippen LogP) is 3.58. The molecule has 0 bridgehead atoms. The minimum absolute atomic E-state index is 0. The number of aliphatic hydroxyl groups excluding tert-OH is 1. The second kappa shape index (κ2) is 6.26. The summed E-state index contributed by atoms with van der Waals surface area (Å²) in [5.74, 6) is 0.294. The van der Waals surface area contributed by atoms with Gasteiger partial charge in [0, 0.05) is 15.6 Å². The van der Waals surface area contributed by atoms with Crippen molar-refractivity contribution >= 4 is 35.6 Å². The van der Waals surface area contributed by atoms with Crippen LogP contribution in [0.1, 0.15) is 30.9 Å². The summed E-state index contributed by atoms with van der Waals surface area (Å²) < 4.78 is 0. The van der Waals surface area contributed by atoms with Gasteiger partial charge < -0.3 is 10.8 Å². The summed E-state index contributed by atoms with van der Waals surface area (Å²) in [5, 5.41) is 11.2. The van der Waals surface area contributed by atoms with E-state index in [0.717, 1.165) is 12.8 Å². The van der Waals surface area contributed by atoms with Crippen LogP contribution in [0.2, 0.25) is 10.0 Å². The zero-order valence-corrected chi connectivity index (χ0v) is 11.6. The summed E-state index contributed by atoms with van der Waals surface area (Å²) in [5.41, 5.74) is 6.69. The SMILES string of the molecule is Cl.N[C@@H](c1c(Cl)cccc1Cl)[C@H](O)C1CCC1. The van der Waals surface area contributed by atoms with Crippen LogP contribution in [0.4, 0.5) is 0 Å². The molecule has 1 aromatic rings. The number of rotatable bonds is 3. The molecule has 96 valence electrons. The molecule has 17 heavy (non-hydrogen) atoms. The Balaban J connectivity index is 0.00000144. The van der Waals surface area contributed by atoms with Crippen LogP contribution in [0.3, 0.4) is 0 Å². The molecule has 3 N–H and O–H groups in total. The van der Waals surface area contributed by atoms with Crippen molar-refractivity contribution in [3.05, 3.63) is 33.8 Å². The van der Waals surface area contributed by atoms with Crippen molar-refractivity contribution in [2.24, 2.45) is 11.7 Å². The van der Waals surface area contributed by atoms with Gasteiger partial charge in [0.15, 0.2) is 0 Å². The molecule has 1 aromatic carbocycles. The zero-order valence-electron chi connectivity index (χ0n) is 9.27. The van der Waals surface area contributed by atoms with Crippen LogP contribution >= 0.6 is 35.6 Å². The predicted molar refractivity (Wildman–Crippen MR) is 74.0 cm³/mol. The first-order chi connectivity index (χ1) is 7.61. The number of hydrogen-bond acceptors (Lipinski definition) is 2. The summed E-state index contributed by atoms with van der Waals surface area (Å²) in [6.07, 6.45) is 2.70. The number of benzene rings is 1. The molecule has 0 aromatic heterocycles. The molecular formula is C12H16Cl3NO. The fraction of sp³-hybridized carbons (Fsp3) is 0.500. The second-order valence-corrected chi connectivity index (χ2v) is 5.16. The Morgan fingerprint density at radius 2 is 1.76 bits per heavy atom. The number of hydrogen-bond donors (Lipinski definition) is 2. The molecule has 0 radical (unpaired) electrons. The highest BCUT2D eigenvalue weighted by Crippen LogP contribution is 2.38. The van der Waals surface area contributed by atoms with E-state index in [-0.39, 0.29) is 12.4 Å². The number of halogens is 3. The molecule has 0 unspecified atom stereocenters. The Morgan fingerprint density at radius 3 is 2.18 bits per heavy atom. The van der Waals surface area contributed by atoms with Gasteiger partial charge in [0.25, 0.3) is 0 Å². The van der Waals surface area contributed by atoms with Crippen LogP contribution in [0.5, 0.6) is 0 Å². The van der Waals surface area contributed by atoms with Gasteiger partial charge in [-0.3, -0.25) is 0 Å². The Labute approximate surface area is 118 Å². The molecule has 1 aliphatic carbocycles. The van der Waals surface area contributed by atoms with Gasteiger partial charge in [-0.15, -0.1) is 12.4 Å². The summed E-state index contributed by atoms with van der Waals surface area (Å²) >= 11 is 12.1. The molecule has 5 heteroatoms. The standard InChI is InChI=1S/C12H15Cl2NO.ClH/c13-8-5-2-6-9(14)10(8)11(15)12(16)7-3-1-4-7;/h2,5-7,11-12,16H,1,3-4,15H2;1H/t11-,12+;/m0./s1. The summed E-state index contributed by atoms with van der Waals surface area (Å²) in [6.45, 7) is 0. The summed E-state index contributed by atoms with van der Waals surface area (Å²) in [4.78, 5) is 0. The van der Waals surface area contributed by atoms with E-state index in [1.807, 2.05) is 0 Å². The Kier molecular flexibility index (Phi) is 5.55. The first-order valence-electron chi connectivity index (χ1n) is 5.49. The molecule has 1 fully saturated rings. The molecule has 0 heterocycles. The van der Waals surface area contributed by atoms with E-state index in [1.54, 1.807) is 18.2 Å². The lowest BCUT2D eigenvalue weighted by atomic mass is 9.77. The lowest BCUT2D eigenvalue weighted by Gasteiger charge is -2.34. The molecule has 1 saturated carbocycles. The van der Waals surface area contributed by atoms with Gasteiger partial charge in [-0.1, -0.05) is 35.7 Å². The van der Waals surface area contributed by atoms with Crippen LogP contribution in [0.25, 0.3) is 0 Å². The van der Waals surface area contributed by atoms with Crippen LogP contribution in [-0.2, 0) is 0 Å². The lowest BCUT2D eigenvalue weighted by molar-refractivity contribution is 0.0414. The monoisotopic (exact) mass is 295 g/mol. The highest BCUT2D eigenvalue weighted by Gasteiger charge is 2.32. The van der Waals surface area contributed by atoms with Gasteiger partial charge in [0.1, 0.15) is 0 Å². The first kappa shape index (κ1) is 15.1. The van der Waals surface area contributed by atoms with Crippen molar-refractivity contribution in [2.45, 2.75) is 31.4 Å².